The molecule has 0 amide bonds. The second kappa shape index (κ2) is 5.13. The molecular formula is C8H7BrCl2FN. The van der Waals surface area contributed by atoms with E-state index in [0.29, 0.717) is 12.0 Å². The maximum absolute atomic E-state index is 12.9. The normalized spacial score (nSPS) is 10.5. The minimum Gasteiger partial charge on any atom is -0.221 e. The fourth-order valence-corrected chi connectivity index (χ4v) is 1.61. The molecule has 0 bridgehead atoms. The van der Waals surface area contributed by atoms with Gasteiger partial charge in [0.2, 0.25) is 0 Å². The van der Waals surface area contributed by atoms with Crippen LogP contribution >= 0.6 is 39.1 Å². The van der Waals surface area contributed by atoms with Gasteiger partial charge in [0.05, 0.1) is 0 Å². The highest BCUT2D eigenvalue weighted by Crippen LogP contribution is 2.21. The molecule has 0 unspecified atom stereocenters. The Morgan fingerprint density at radius 1 is 1.38 bits per heavy atom. The van der Waals surface area contributed by atoms with Crippen LogP contribution < -0.4 is 0 Å². The molecule has 0 saturated heterocycles. The molecule has 0 N–H and O–H groups in total. The molecule has 0 saturated carbocycles. The summed E-state index contributed by atoms with van der Waals surface area (Å²) in [5.41, 5.74) is 0.697. The lowest BCUT2D eigenvalue weighted by atomic mass is 10.2. The molecule has 1 heterocycles. The van der Waals surface area contributed by atoms with Crippen molar-refractivity contribution in [2.45, 2.75) is 12.8 Å². The largest absolute Gasteiger partial charge is 0.221 e. The number of alkyl halides is 1. The Kier molecular flexibility index (Phi) is 4.42. The monoisotopic (exact) mass is 285 g/mol. The van der Waals surface area contributed by atoms with Crippen LogP contribution in [0.25, 0.3) is 0 Å². The molecule has 0 aliphatic carbocycles. The van der Waals surface area contributed by atoms with Gasteiger partial charge in [-0.25, -0.2) is 9.37 Å². The summed E-state index contributed by atoms with van der Waals surface area (Å²) in [4.78, 5) is 3.67. The molecule has 0 spiro atoms. The number of halogens is 4. The second-order valence-corrected chi connectivity index (χ2v) is 4.01. The van der Waals surface area contributed by atoms with Gasteiger partial charge in [0, 0.05) is 5.33 Å². The third-order valence-electron chi connectivity index (χ3n) is 1.54. The molecule has 0 atom stereocenters. The van der Waals surface area contributed by atoms with Crippen LogP contribution in [0, 0.1) is 5.82 Å². The predicted molar refractivity (Wildman–Crippen MR) is 56.3 cm³/mol. The highest BCUT2D eigenvalue weighted by Gasteiger charge is 2.07. The van der Waals surface area contributed by atoms with Crippen LogP contribution in [0.3, 0.4) is 0 Å². The number of aromatic nitrogens is 1. The van der Waals surface area contributed by atoms with Gasteiger partial charge in [-0.2, -0.15) is 0 Å². The van der Waals surface area contributed by atoms with Crippen LogP contribution in [-0.2, 0) is 6.42 Å². The first-order valence-corrected chi connectivity index (χ1v) is 5.59. The zero-order valence-corrected chi connectivity index (χ0v) is 9.76. The average Bonchev–Trinajstić information content (AvgIpc) is 2.09. The lowest BCUT2D eigenvalue weighted by Crippen LogP contribution is -1.93. The second-order valence-electron chi connectivity index (χ2n) is 2.50. The molecular weight excluding hydrogens is 280 g/mol. The van der Waals surface area contributed by atoms with E-state index in [-0.39, 0.29) is 10.3 Å². The smallest absolute Gasteiger partial charge is 0.166 e. The van der Waals surface area contributed by atoms with Crippen LogP contribution in [0.2, 0.25) is 10.3 Å². The van der Waals surface area contributed by atoms with Crippen molar-refractivity contribution in [1.82, 2.24) is 4.98 Å². The van der Waals surface area contributed by atoms with Gasteiger partial charge in [0.1, 0.15) is 5.15 Å². The first-order chi connectivity index (χ1) is 6.15. The molecule has 0 radical (unpaired) electrons. The Labute approximate surface area is 94.4 Å². The Hall–Kier alpha value is 0.140. The highest BCUT2D eigenvalue weighted by atomic mass is 79.9. The molecule has 72 valence electrons. The molecule has 1 aromatic rings. The third kappa shape index (κ3) is 3.08. The summed E-state index contributed by atoms with van der Waals surface area (Å²) in [6, 6.07) is 1.33. The SMILES string of the molecule is Fc1cc(CCCBr)c(Cl)nc1Cl. The quantitative estimate of drug-likeness (QED) is 0.607. The van der Waals surface area contributed by atoms with E-state index in [9.17, 15) is 4.39 Å². The van der Waals surface area contributed by atoms with E-state index in [2.05, 4.69) is 20.9 Å². The summed E-state index contributed by atoms with van der Waals surface area (Å²) in [7, 11) is 0. The predicted octanol–water partition coefficient (Wildman–Crippen LogP) is 3.86. The van der Waals surface area contributed by atoms with E-state index in [0.717, 1.165) is 11.8 Å². The van der Waals surface area contributed by atoms with Gasteiger partial charge in [-0.1, -0.05) is 39.1 Å². The lowest BCUT2D eigenvalue weighted by molar-refractivity contribution is 0.618. The maximum atomic E-state index is 12.9. The van der Waals surface area contributed by atoms with E-state index in [1.807, 2.05) is 0 Å². The fraction of sp³-hybridized carbons (Fsp3) is 0.375. The molecule has 0 aliphatic rings. The molecule has 13 heavy (non-hydrogen) atoms. The van der Waals surface area contributed by atoms with Crippen LogP contribution in [0.4, 0.5) is 4.39 Å². The van der Waals surface area contributed by atoms with Crippen molar-refractivity contribution >= 4 is 39.1 Å². The molecule has 0 fully saturated rings. The summed E-state index contributed by atoms with van der Waals surface area (Å²) in [6.07, 6.45) is 1.59. The summed E-state index contributed by atoms with van der Waals surface area (Å²) in [5.74, 6) is -0.518. The molecule has 1 nitrogen and oxygen atoms in total. The molecule has 1 aromatic heterocycles. The Morgan fingerprint density at radius 2 is 2.08 bits per heavy atom. The third-order valence-corrected chi connectivity index (χ3v) is 2.69. The fourth-order valence-electron chi connectivity index (χ4n) is 0.916. The molecule has 1 rings (SSSR count). The first-order valence-electron chi connectivity index (χ1n) is 3.71. The number of hydrogen-bond donors (Lipinski definition) is 0. The van der Waals surface area contributed by atoms with Crippen molar-refractivity contribution in [3.8, 4) is 0 Å². The van der Waals surface area contributed by atoms with E-state index in [1.54, 1.807) is 0 Å². The maximum Gasteiger partial charge on any atom is 0.166 e. The van der Waals surface area contributed by atoms with Gasteiger partial charge in [-0.05, 0) is 24.5 Å². The van der Waals surface area contributed by atoms with Gasteiger partial charge in [0.15, 0.2) is 11.0 Å². The Morgan fingerprint density at radius 3 is 2.69 bits per heavy atom. The van der Waals surface area contributed by atoms with Crippen molar-refractivity contribution in [1.29, 1.82) is 0 Å². The van der Waals surface area contributed by atoms with Crippen LogP contribution in [0.1, 0.15) is 12.0 Å². The minimum absolute atomic E-state index is 0.174. The van der Waals surface area contributed by atoms with E-state index < -0.39 is 5.82 Å². The lowest BCUT2D eigenvalue weighted by Gasteiger charge is -2.02. The molecule has 0 aliphatic heterocycles. The van der Waals surface area contributed by atoms with Gasteiger partial charge < -0.3 is 0 Å². The summed E-state index contributed by atoms with van der Waals surface area (Å²) >= 11 is 14.5. The summed E-state index contributed by atoms with van der Waals surface area (Å²) in [5, 5.41) is 0.966. The van der Waals surface area contributed by atoms with Gasteiger partial charge in [-0.3, -0.25) is 0 Å². The number of rotatable bonds is 3. The van der Waals surface area contributed by atoms with Crippen LogP contribution in [-0.4, -0.2) is 10.3 Å². The Bertz CT molecular complexity index is 306. The van der Waals surface area contributed by atoms with E-state index in [4.69, 9.17) is 23.2 Å². The zero-order chi connectivity index (χ0) is 9.84. The van der Waals surface area contributed by atoms with Crippen molar-refractivity contribution in [3.63, 3.8) is 0 Å². The number of aryl methyl sites for hydroxylation is 1. The van der Waals surface area contributed by atoms with Crippen LogP contribution in [0.5, 0.6) is 0 Å². The van der Waals surface area contributed by atoms with E-state index in [1.165, 1.54) is 6.07 Å². The van der Waals surface area contributed by atoms with Gasteiger partial charge >= 0.3 is 0 Å². The summed E-state index contributed by atoms with van der Waals surface area (Å²) < 4.78 is 12.9. The number of nitrogens with zero attached hydrogens (tertiary/aromatic N) is 1. The van der Waals surface area contributed by atoms with Crippen molar-refractivity contribution in [3.05, 3.63) is 27.8 Å². The average molecular weight is 287 g/mol. The molecule has 0 aromatic carbocycles. The number of pyridine rings is 1. The van der Waals surface area contributed by atoms with E-state index >= 15 is 0 Å². The first kappa shape index (κ1) is 11.2. The molecule has 5 heteroatoms. The standard InChI is InChI=1S/C8H7BrCl2FN/c9-3-1-2-5-4-6(12)8(11)13-7(5)10/h4H,1-3H2. The highest BCUT2D eigenvalue weighted by molar-refractivity contribution is 9.09. The van der Waals surface area contributed by atoms with Crippen molar-refractivity contribution in [2.24, 2.45) is 0 Å². The van der Waals surface area contributed by atoms with Gasteiger partial charge in [0.25, 0.3) is 0 Å². The topological polar surface area (TPSA) is 12.9 Å². The summed E-state index contributed by atoms with van der Waals surface area (Å²) in [6.45, 7) is 0. The van der Waals surface area contributed by atoms with Crippen molar-refractivity contribution < 1.29 is 4.39 Å². The zero-order valence-electron chi connectivity index (χ0n) is 6.66. The Balaban J connectivity index is 2.88. The van der Waals surface area contributed by atoms with Gasteiger partial charge in [-0.15, -0.1) is 0 Å². The van der Waals surface area contributed by atoms with Crippen LogP contribution in [0.15, 0.2) is 6.07 Å². The van der Waals surface area contributed by atoms with Crippen molar-refractivity contribution in [2.75, 3.05) is 5.33 Å². The minimum atomic E-state index is -0.518. The number of hydrogen-bond acceptors (Lipinski definition) is 1.